The highest BCUT2D eigenvalue weighted by Crippen LogP contribution is 2.35. The van der Waals surface area contributed by atoms with Crippen LogP contribution in [0.15, 0.2) is 11.1 Å². The van der Waals surface area contributed by atoms with E-state index in [0.717, 1.165) is 0 Å². The summed E-state index contributed by atoms with van der Waals surface area (Å²) < 4.78 is 73.2. The summed E-state index contributed by atoms with van der Waals surface area (Å²) in [6, 6.07) is 1.13. The van der Waals surface area contributed by atoms with E-state index >= 15 is 0 Å². The Hall–Kier alpha value is -1.13. The Balaban J connectivity index is 2.37. The van der Waals surface area contributed by atoms with Crippen LogP contribution in [0.3, 0.4) is 0 Å². The molecule has 0 aromatic carbocycles. The van der Waals surface area contributed by atoms with Gasteiger partial charge in [0, 0.05) is 24.8 Å². The number of halogens is 3. The van der Waals surface area contributed by atoms with E-state index in [1.165, 1.54) is 10.7 Å². The number of ether oxygens (including phenoxy) is 1. The van der Waals surface area contributed by atoms with Crippen molar-refractivity contribution in [2.24, 2.45) is 0 Å². The summed E-state index contributed by atoms with van der Waals surface area (Å²) in [7, 11) is -4.15. The summed E-state index contributed by atoms with van der Waals surface area (Å²) in [4.78, 5) is 0. The third kappa shape index (κ3) is 4.48. The van der Waals surface area contributed by atoms with Crippen LogP contribution in [0.2, 0.25) is 0 Å². The number of aryl methyl sites for hydroxylation is 1. The normalized spacial score (nSPS) is 19.0. The van der Waals surface area contributed by atoms with E-state index in [1.54, 1.807) is 20.8 Å². The van der Waals surface area contributed by atoms with Gasteiger partial charge in [-0.25, -0.2) is 13.1 Å². The second-order valence-electron chi connectivity index (χ2n) is 6.45. The predicted octanol–water partition coefficient (Wildman–Crippen LogP) is 2.55. The van der Waals surface area contributed by atoms with Crippen LogP contribution >= 0.6 is 0 Å². The van der Waals surface area contributed by atoms with E-state index in [9.17, 15) is 21.6 Å². The summed E-state index contributed by atoms with van der Waals surface area (Å²) in [5, 5.41) is 4.00. The molecule has 0 bridgehead atoms. The molecular weight excluding hydrogens is 347 g/mol. The first-order chi connectivity index (χ1) is 10.9. The van der Waals surface area contributed by atoms with E-state index in [-0.39, 0.29) is 37.1 Å². The van der Waals surface area contributed by atoms with Gasteiger partial charge in [-0.3, -0.25) is 4.68 Å². The van der Waals surface area contributed by atoms with Gasteiger partial charge in [0.05, 0.1) is 12.1 Å². The van der Waals surface area contributed by atoms with E-state index in [4.69, 9.17) is 4.74 Å². The minimum Gasteiger partial charge on any atom is -0.381 e. The lowest BCUT2D eigenvalue weighted by Crippen LogP contribution is -2.54. The molecule has 1 aliphatic rings. The number of sulfonamides is 1. The fourth-order valence-electron chi connectivity index (χ4n) is 2.86. The van der Waals surface area contributed by atoms with Crippen molar-refractivity contribution in [2.75, 3.05) is 13.2 Å². The van der Waals surface area contributed by atoms with Crippen LogP contribution in [0, 0.1) is 6.92 Å². The maximum atomic E-state index is 13.0. The summed E-state index contributed by atoms with van der Waals surface area (Å²) >= 11 is 0. The van der Waals surface area contributed by atoms with Crippen molar-refractivity contribution in [1.29, 1.82) is 0 Å². The van der Waals surface area contributed by atoms with Crippen LogP contribution in [0.25, 0.3) is 0 Å². The number of nitrogens with one attached hydrogen (secondary N) is 1. The van der Waals surface area contributed by atoms with Crippen molar-refractivity contribution >= 4 is 10.0 Å². The van der Waals surface area contributed by atoms with E-state index < -0.39 is 28.2 Å². The molecule has 138 valence electrons. The van der Waals surface area contributed by atoms with Crippen LogP contribution < -0.4 is 4.72 Å². The minimum absolute atomic E-state index is 0.0272. The average molecular weight is 369 g/mol. The lowest BCUT2D eigenvalue weighted by Gasteiger charge is -2.38. The molecule has 1 aliphatic heterocycles. The fraction of sp³-hybridized carbons (Fsp3) is 0.786. The van der Waals surface area contributed by atoms with Crippen molar-refractivity contribution in [3.05, 3.63) is 11.8 Å². The molecule has 1 aromatic heterocycles. The van der Waals surface area contributed by atoms with E-state index in [2.05, 4.69) is 9.82 Å². The smallest absolute Gasteiger partial charge is 0.381 e. The lowest BCUT2D eigenvalue weighted by atomic mass is 9.87. The summed E-state index contributed by atoms with van der Waals surface area (Å²) in [5.74, 6) is 0. The topological polar surface area (TPSA) is 73.2 Å². The number of rotatable bonds is 5. The van der Waals surface area contributed by atoms with Gasteiger partial charge in [-0.15, -0.1) is 0 Å². The fourth-order valence-corrected chi connectivity index (χ4v) is 4.64. The zero-order chi connectivity index (χ0) is 18.2. The molecule has 2 heterocycles. The molecule has 0 aliphatic carbocycles. The molecule has 2 rings (SSSR count). The SMILES string of the molecule is Cc1cc(S(=O)(=O)NC2(CC(F)(F)F)CCOCC2)n(C(C)C)n1. The third-order valence-corrected chi connectivity index (χ3v) is 5.49. The molecule has 0 saturated carbocycles. The quantitative estimate of drug-likeness (QED) is 0.866. The Bertz CT molecular complexity index is 677. The van der Waals surface area contributed by atoms with Gasteiger partial charge in [-0.2, -0.15) is 18.3 Å². The van der Waals surface area contributed by atoms with Gasteiger partial charge in [-0.05, 0) is 39.7 Å². The van der Waals surface area contributed by atoms with Crippen LogP contribution in [0.4, 0.5) is 13.2 Å². The lowest BCUT2D eigenvalue weighted by molar-refractivity contribution is -0.155. The van der Waals surface area contributed by atoms with Crippen LogP contribution in [-0.4, -0.2) is 43.1 Å². The van der Waals surface area contributed by atoms with Gasteiger partial charge in [0.25, 0.3) is 10.0 Å². The number of alkyl halides is 3. The van der Waals surface area contributed by atoms with Crippen molar-refractivity contribution in [1.82, 2.24) is 14.5 Å². The van der Waals surface area contributed by atoms with Crippen LogP contribution in [0.5, 0.6) is 0 Å². The van der Waals surface area contributed by atoms with Crippen molar-refractivity contribution in [3.8, 4) is 0 Å². The Morgan fingerprint density at radius 3 is 2.46 bits per heavy atom. The molecule has 1 fully saturated rings. The predicted molar refractivity (Wildman–Crippen MR) is 81.1 cm³/mol. The third-order valence-electron chi connectivity index (χ3n) is 3.93. The number of hydrogen-bond acceptors (Lipinski definition) is 4. The highest BCUT2D eigenvalue weighted by Gasteiger charge is 2.46. The molecule has 6 nitrogen and oxygen atoms in total. The first kappa shape index (κ1) is 19.2. The Labute approximate surface area is 139 Å². The summed E-state index contributed by atoms with van der Waals surface area (Å²) in [5.41, 5.74) is -1.10. The maximum Gasteiger partial charge on any atom is 0.390 e. The standard InChI is InChI=1S/C14H22F3N3O3S/c1-10(2)20-12(8-11(3)18-20)24(21,22)19-13(9-14(15,16)17)4-6-23-7-5-13/h8,10,19H,4-7,9H2,1-3H3. The zero-order valence-corrected chi connectivity index (χ0v) is 14.7. The Kier molecular flexibility index (Phi) is 5.31. The molecule has 1 N–H and O–H groups in total. The average Bonchev–Trinajstić information content (AvgIpc) is 2.80. The first-order valence-electron chi connectivity index (χ1n) is 7.69. The molecule has 0 spiro atoms. The highest BCUT2D eigenvalue weighted by molar-refractivity contribution is 7.89. The van der Waals surface area contributed by atoms with Gasteiger partial charge < -0.3 is 4.74 Å². The summed E-state index contributed by atoms with van der Waals surface area (Å²) in [6.07, 6.45) is -5.76. The highest BCUT2D eigenvalue weighted by atomic mass is 32.2. The summed E-state index contributed by atoms with van der Waals surface area (Å²) in [6.45, 7) is 5.32. The van der Waals surface area contributed by atoms with Crippen molar-refractivity contribution in [3.63, 3.8) is 0 Å². The molecule has 0 amide bonds. The van der Waals surface area contributed by atoms with Gasteiger partial charge in [0.2, 0.25) is 0 Å². The number of aromatic nitrogens is 2. The van der Waals surface area contributed by atoms with Gasteiger partial charge >= 0.3 is 6.18 Å². The Morgan fingerprint density at radius 1 is 1.38 bits per heavy atom. The monoisotopic (exact) mass is 369 g/mol. The van der Waals surface area contributed by atoms with E-state index in [1.807, 2.05) is 0 Å². The molecule has 0 unspecified atom stereocenters. The minimum atomic E-state index is -4.48. The molecule has 0 atom stereocenters. The zero-order valence-electron chi connectivity index (χ0n) is 13.9. The number of nitrogens with zero attached hydrogens (tertiary/aromatic N) is 2. The molecule has 1 aromatic rings. The number of hydrogen-bond donors (Lipinski definition) is 1. The molecule has 1 saturated heterocycles. The van der Waals surface area contributed by atoms with Crippen molar-refractivity contribution < 1.29 is 26.3 Å². The van der Waals surface area contributed by atoms with Crippen LogP contribution in [-0.2, 0) is 14.8 Å². The van der Waals surface area contributed by atoms with Gasteiger partial charge in [0.1, 0.15) is 0 Å². The second kappa shape index (κ2) is 6.64. The molecular formula is C14H22F3N3O3S. The second-order valence-corrected chi connectivity index (χ2v) is 8.08. The maximum absolute atomic E-state index is 13.0. The largest absolute Gasteiger partial charge is 0.390 e. The molecule has 0 radical (unpaired) electrons. The van der Waals surface area contributed by atoms with E-state index in [0.29, 0.717) is 5.69 Å². The van der Waals surface area contributed by atoms with Gasteiger partial charge in [0.15, 0.2) is 5.03 Å². The first-order valence-corrected chi connectivity index (χ1v) is 9.17. The molecule has 24 heavy (non-hydrogen) atoms. The van der Waals surface area contributed by atoms with Crippen LogP contribution in [0.1, 0.15) is 44.8 Å². The van der Waals surface area contributed by atoms with Gasteiger partial charge in [-0.1, -0.05) is 0 Å². The Morgan fingerprint density at radius 2 is 1.96 bits per heavy atom. The van der Waals surface area contributed by atoms with Crippen molar-refractivity contribution in [2.45, 2.75) is 62.8 Å². The molecule has 10 heteroatoms.